The third kappa shape index (κ3) is 1.80. The maximum Gasteiger partial charge on any atom is 0.310 e. The molecule has 0 aromatic heterocycles. The third-order valence-electron chi connectivity index (χ3n) is 8.21. The number of fused-ring (bicyclic) bond motifs is 10. The fourth-order valence-corrected chi connectivity index (χ4v) is 7.20. The first kappa shape index (κ1) is 15.2. The molecule has 0 N–H and O–H groups in total. The van der Waals surface area contributed by atoms with Crippen molar-refractivity contribution in [3.63, 3.8) is 0 Å². The Kier molecular flexibility index (Phi) is 3.00. The highest BCUT2D eigenvalue weighted by molar-refractivity contribution is 5.76. The number of allylic oxidation sites excluding steroid dienone is 4. The van der Waals surface area contributed by atoms with Crippen molar-refractivity contribution in [3.05, 3.63) is 41.7 Å². The summed E-state index contributed by atoms with van der Waals surface area (Å²) in [6.45, 7) is 2.29. The Balaban J connectivity index is 1.21. The van der Waals surface area contributed by atoms with Crippen LogP contribution in [0.15, 0.2) is 35.8 Å². The van der Waals surface area contributed by atoms with Crippen molar-refractivity contribution in [1.29, 1.82) is 0 Å². The van der Waals surface area contributed by atoms with E-state index in [0.29, 0.717) is 23.7 Å². The van der Waals surface area contributed by atoms with Crippen LogP contribution in [0.4, 0.5) is 0 Å². The zero-order valence-corrected chi connectivity index (χ0v) is 15.0. The second-order valence-corrected chi connectivity index (χ2v) is 9.08. The van der Waals surface area contributed by atoms with E-state index in [0.717, 1.165) is 30.3 Å². The van der Waals surface area contributed by atoms with Gasteiger partial charge in [0.1, 0.15) is 6.10 Å². The first-order valence-corrected chi connectivity index (χ1v) is 10.1. The summed E-state index contributed by atoms with van der Waals surface area (Å²) in [6.07, 6.45) is 11.9. The molecule has 6 rings (SSSR count). The molecule has 1 aliphatic heterocycles. The number of hydrogen-bond acceptors (Lipinski definition) is 4. The Hall–Kier alpha value is -1.84. The molecule has 1 saturated heterocycles. The van der Waals surface area contributed by atoms with Gasteiger partial charge in [0.15, 0.2) is 0 Å². The van der Waals surface area contributed by atoms with E-state index in [4.69, 9.17) is 9.47 Å². The normalized spacial score (nSPS) is 51.2. The Morgan fingerprint density at radius 2 is 2.08 bits per heavy atom. The van der Waals surface area contributed by atoms with E-state index in [1.807, 2.05) is 6.08 Å². The molecule has 0 spiro atoms. The molecule has 138 valence electrons. The molecule has 0 radical (unpaired) electrons. The molecular weight excluding hydrogens is 328 g/mol. The van der Waals surface area contributed by atoms with Crippen molar-refractivity contribution in [2.24, 2.45) is 47.3 Å². The average Bonchev–Trinajstić information content (AvgIpc) is 3.40. The van der Waals surface area contributed by atoms with Crippen LogP contribution in [0.25, 0.3) is 0 Å². The number of hydrogen-bond donors (Lipinski definition) is 0. The summed E-state index contributed by atoms with van der Waals surface area (Å²) in [5.41, 5.74) is 0.935. The van der Waals surface area contributed by atoms with Crippen LogP contribution in [0, 0.1) is 53.3 Å². The summed E-state index contributed by atoms with van der Waals surface area (Å²) in [7, 11) is 0. The minimum absolute atomic E-state index is 0.115. The highest BCUT2D eigenvalue weighted by Crippen LogP contribution is 2.69. The van der Waals surface area contributed by atoms with Crippen LogP contribution < -0.4 is 5.11 Å². The van der Waals surface area contributed by atoms with E-state index in [9.17, 15) is 9.90 Å². The monoisotopic (exact) mass is 352 g/mol. The van der Waals surface area contributed by atoms with Gasteiger partial charge in [-0.05, 0) is 55.1 Å². The zero-order chi connectivity index (χ0) is 17.6. The summed E-state index contributed by atoms with van der Waals surface area (Å²) in [5.74, 6) is 4.41. The van der Waals surface area contributed by atoms with Crippen molar-refractivity contribution >= 4 is 5.97 Å². The smallest absolute Gasteiger partial charge is 0.310 e. The quantitative estimate of drug-likeness (QED) is 0.257. The highest BCUT2D eigenvalue weighted by Gasteiger charge is 2.58. The van der Waals surface area contributed by atoms with Crippen LogP contribution >= 0.6 is 0 Å². The molecule has 4 bridgehead atoms. The van der Waals surface area contributed by atoms with Crippen molar-refractivity contribution in [2.45, 2.75) is 32.3 Å². The molecule has 1 heterocycles. The van der Waals surface area contributed by atoms with Crippen molar-refractivity contribution in [2.75, 3.05) is 6.61 Å². The van der Waals surface area contributed by atoms with E-state index in [1.165, 1.54) is 12.3 Å². The van der Waals surface area contributed by atoms with Gasteiger partial charge < -0.3 is 14.6 Å². The largest absolute Gasteiger partial charge is 0.698 e. The Labute approximate surface area is 153 Å². The van der Waals surface area contributed by atoms with E-state index in [2.05, 4.69) is 25.2 Å². The van der Waals surface area contributed by atoms with Crippen LogP contribution in [-0.2, 0) is 14.3 Å². The van der Waals surface area contributed by atoms with Gasteiger partial charge >= 0.3 is 5.97 Å². The van der Waals surface area contributed by atoms with Crippen molar-refractivity contribution in [1.82, 2.24) is 0 Å². The molecule has 4 heteroatoms. The van der Waals surface area contributed by atoms with Gasteiger partial charge in [-0.1, -0.05) is 30.6 Å². The minimum atomic E-state index is -0.309. The molecule has 4 nitrogen and oxygen atoms in total. The van der Waals surface area contributed by atoms with Crippen LogP contribution in [0.2, 0.25) is 0 Å². The first-order valence-electron chi connectivity index (χ1n) is 10.1. The lowest BCUT2D eigenvalue weighted by Gasteiger charge is -2.46. The molecule has 9 unspecified atom stereocenters. The molecule has 0 amide bonds. The molecule has 0 aromatic carbocycles. The third-order valence-corrected chi connectivity index (χ3v) is 8.21. The highest BCUT2D eigenvalue weighted by atomic mass is 16.6. The van der Waals surface area contributed by atoms with Crippen LogP contribution in [-0.4, -0.2) is 18.7 Å². The topological polar surface area (TPSA) is 58.6 Å². The Morgan fingerprint density at radius 1 is 1.27 bits per heavy atom. The number of carbonyl (C=O) groups is 1. The van der Waals surface area contributed by atoms with E-state index < -0.39 is 0 Å². The van der Waals surface area contributed by atoms with Gasteiger partial charge in [0, 0.05) is 5.92 Å². The first-order chi connectivity index (χ1) is 12.6. The predicted octanol–water partition coefficient (Wildman–Crippen LogP) is 2.37. The minimum Gasteiger partial charge on any atom is -0.698 e. The van der Waals surface area contributed by atoms with Crippen molar-refractivity contribution in [3.8, 4) is 0 Å². The summed E-state index contributed by atoms with van der Waals surface area (Å²) < 4.78 is 11.1. The lowest BCUT2D eigenvalue weighted by Crippen LogP contribution is -2.33. The molecule has 9 atom stereocenters. The molecule has 4 fully saturated rings. The molecule has 0 aromatic rings. The van der Waals surface area contributed by atoms with E-state index >= 15 is 0 Å². The summed E-state index contributed by atoms with van der Waals surface area (Å²) in [4.78, 5) is 12.1. The summed E-state index contributed by atoms with van der Waals surface area (Å²) in [6, 6.07) is 0. The molecule has 3 saturated carbocycles. The number of esters is 1. The van der Waals surface area contributed by atoms with Gasteiger partial charge in [0.2, 0.25) is 0 Å². The molecule has 26 heavy (non-hydrogen) atoms. The molecular formula is C22H24O4-2. The van der Waals surface area contributed by atoms with Gasteiger partial charge in [-0.25, -0.2) is 5.92 Å². The molecule has 6 aliphatic rings. The lowest BCUT2D eigenvalue weighted by molar-refractivity contribution is -0.360. The van der Waals surface area contributed by atoms with Crippen LogP contribution in [0.5, 0.6) is 0 Å². The van der Waals surface area contributed by atoms with Gasteiger partial charge in [-0.2, -0.15) is 5.57 Å². The lowest BCUT2D eigenvalue weighted by atomic mass is 9.68. The maximum absolute atomic E-state index is 12.9. The van der Waals surface area contributed by atoms with Gasteiger partial charge in [0.25, 0.3) is 0 Å². The van der Waals surface area contributed by atoms with Gasteiger partial charge in [-0.15, -0.1) is 12.9 Å². The SMILES string of the molecule is C[C-]1C(=C([O-])OCC2C(=O)OC3C=CCC32)C2CC1C1C3C=CC(C3)C21. The van der Waals surface area contributed by atoms with Crippen molar-refractivity contribution < 1.29 is 19.4 Å². The number of carbonyl (C=O) groups excluding carboxylic acids is 1. The standard InChI is InChI=1S/C22H25O4/c1-10-14-8-15(20-12-6-5-11(7-12)19(14)20)18(10)22(24)25-9-16-13-3-2-4-17(13)26-21(16)23/h2,4-6,11-17,19-20,24H,3,7-9H2,1H3/q-1/p-1. The Morgan fingerprint density at radius 3 is 2.92 bits per heavy atom. The fourth-order valence-electron chi connectivity index (χ4n) is 7.20. The van der Waals surface area contributed by atoms with E-state index in [-0.39, 0.29) is 36.5 Å². The average molecular weight is 352 g/mol. The van der Waals surface area contributed by atoms with Crippen LogP contribution in [0.3, 0.4) is 0 Å². The van der Waals surface area contributed by atoms with Crippen LogP contribution in [0.1, 0.15) is 26.2 Å². The summed E-state index contributed by atoms with van der Waals surface area (Å²) in [5, 5.41) is 12.9. The fraction of sp³-hybridized carbons (Fsp3) is 0.636. The summed E-state index contributed by atoms with van der Waals surface area (Å²) >= 11 is 0. The number of ether oxygens (including phenoxy) is 2. The Bertz CT molecular complexity index is 749. The zero-order valence-electron chi connectivity index (χ0n) is 15.0. The second kappa shape index (κ2) is 5.11. The maximum atomic E-state index is 12.9. The number of rotatable bonds is 3. The second-order valence-electron chi connectivity index (χ2n) is 9.08. The molecule has 5 aliphatic carbocycles. The predicted molar refractivity (Wildman–Crippen MR) is 91.8 cm³/mol. The van der Waals surface area contributed by atoms with E-state index in [1.54, 1.807) is 0 Å². The van der Waals surface area contributed by atoms with Gasteiger partial charge in [-0.3, -0.25) is 4.79 Å². The van der Waals surface area contributed by atoms with Gasteiger partial charge in [0.05, 0.1) is 5.92 Å².